The molecule has 0 saturated carbocycles. The van der Waals surface area contributed by atoms with E-state index in [0.29, 0.717) is 22.5 Å². The highest BCUT2D eigenvalue weighted by Crippen LogP contribution is 2.42. The monoisotopic (exact) mass is 476 g/mol. The average molecular weight is 478 g/mol. The van der Waals surface area contributed by atoms with Gasteiger partial charge in [0.05, 0.1) is 15.2 Å². The lowest BCUT2D eigenvalue weighted by atomic mass is 9.86. The second-order valence-corrected chi connectivity index (χ2v) is 7.45. The van der Waals surface area contributed by atoms with Gasteiger partial charge in [-0.1, -0.05) is 17.7 Å². The molecule has 122 valence electrons. The molecule has 0 saturated heterocycles. The highest BCUT2D eigenvalue weighted by atomic mass is 79.9. The molecule has 1 aromatic carbocycles. The molecular formula is C15H7BBr2ClF3N2. The Balaban J connectivity index is 2.10. The number of rotatable bonds is 1. The second-order valence-electron chi connectivity index (χ2n) is 5.41. The van der Waals surface area contributed by atoms with E-state index in [-0.39, 0.29) is 14.2 Å². The van der Waals surface area contributed by atoms with Crippen LogP contribution in [0.1, 0.15) is 11.3 Å². The second kappa shape index (κ2) is 5.38. The minimum Gasteiger partial charge on any atom is -0.389 e. The Morgan fingerprint density at radius 3 is 2.54 bits per heavy atom. The van der Waals surface area contributed by atoms with Crippen molar-refractivity contribution in [2.45, 2.75) is 0 Å². The molecule has 2 aliphatic rings. The lowest BCUT2D eigenvalue weighted by Crippen LogP contribution is -2.50. The maximum absolute atomic E-state index is 15.0. The van der Waals surface area contributed by atoms with Crippen molar-refractivity contribution in [1.29, 1.82) is 0 Å². The summed E-state index contributed by atoms with van der Waals surface area (Å²) in [5.74, 6) is -0.556. The van der Waals surface area contributed by atoms with E-state index in [4.69, 9.17) is 11.6 Å². The van der Waals surface area contributed by atoms with Crippen LogP contribution in [-0.4, -0.2) is 20.6 Å². The molecule has 0 N–H and O–H groups in total. The lowest BCUT2D eigenvalue weighted by molar-refractivity contribution is -0.358. The van der Waals surface area contributed by atoms with Crippen LogP contribution in [0.5, 0.6) is 0 Å². The van der Waals surface area contributed by atoms with Gasteiger partial charge < -0.3 is 17.6 Å². The van der Waals surface area contributed by atoms with Crippen molar-refractivity contribution in [2.75, 3.05) is 0 Å². The maximum Gasteiger partial charge on any atom is 0.738 e. The molecule has 0 fully saturated rings. The maximum atomic E-state index is 15.0. The number of hydrogen-bond donors (Lipinski definition) is 0. The fourth-order valence-electron chi connectivity index (χ4n) is 3.08. The van der Waals surface area contributed by atoms with Gasteiger partial charge in [-0.15, -0.1) is 0 Å². The van der Waals surface area contributed by atoms with Gasteiger partial charge in [0.2, 0.25) is 4.62 Å². The Bertz CT molecular complexity index is 995. The zero-order chi connectivity index (χ0) is 17.2. The van der Waals surface area contributed by atoms with Crippen molar-refractivity contribution < 1.29 is 17.5 Å². The summed E-state index contributed by atoms with van der Waals surface area (Å²) < 4.78 is 46.0. The summed E-state index contributed by atoms with van der Waals surface area (Å²) in [4.78, 5) is 0. The van der Waals surface area contributed by atoms with E-state index in [1.54, 1.807) is 24.3 Å². The first-order valence-corrected chi connectivity index (χ1v) is 8.88. The highest BCUT2D eigenvalue weighted by molar-refractivity contribution is 9.18. The van der Waals surface area contributed by atoms with Crippen molar-refractivity contribution in [3.8, 4) is 0 Å². The number of nitrogens with zero attached hydrogens (tertiary/aromatic N) is 2. The van der Waals surface area contributed by atoms with Crippen LogP contribution >= 0.6 is 43.5 Å². The minimum atomic E-state index is -4.07. The minimum absolute atomic E-state index is 0.0582. The first-order valence-electron chi connectivity index (χ1n) is 6.91. The number of hydrogen-bond acceptors (Lipinski definition) is 0. The van der Waals surface area contributed by atoms with Gasteiger partial charge in [-0.2, -0.15) is 0 Å². The molecular weight excluding hydrogens is 471 g/mol. The molecule has 3 heterocycles. The molecule has 0 radical (unpaired) electrons. The van der Waals surface area contributed by atoms with Crippen LogP contribution in [0.15, 0.2) is 52.8 Å². The van der Waals surface area contributed by atoms with Crippen molar-refractivity contribution in [3.05, 3.63) is 74.9 Å². The molecule has 1 aromatic heterocycles. The SMILES string of the molecule is Fc1ccc(C2=C3C=CC(Br)=[N+]3[B-](F)(F)n3c(Br)ccc32)cc1Cl. The van der Waals surface area contributed by atoms with Crippen molar-refractivity contribution >= 4 is 60.6 Å². The quantitative estimate of drug-likeness (QED) is 0.485. The van der Waals surface area contributed by atoms with Crippen LogP contribution < -0.4 is 0 Å². The zero-order valence-corrected chi connectivity index (χ0v) is 15.7. The van der Waals surface area contributed by atoms with Gasteiger partial charge in [0.15, 0.2) is 5.70 Å². The third-order valence-electron chi connectivity index (χ3n) is 4.08. The van der Waals surface area contributed by atoms with E-state index >= 15 is 8.63 Å². The Hall–Kier alpha value is -1.25. The predicted molar refractivity (Wildman–Crippen MR) is 96.3 cm³/mol. The Kier molecular flexibility index (Phi) is 3.64. The number of allylic oxidation sites excluding steroid dienone is 2. The number of benzene rings is 1. The fraction of sp³-hybridized carbons (Fsp3) is 0. The Labute approximate surface area is 157 Å². The molecule has 0 unspecified atom stereocenters. The van der Waals surface area contributed by atoms with Gasteiger partial charge in [0.1, 0.15) is 5.82 Å². The summed E-state index contributed by atoms with van der Waals surface area (Å²) in [6, 6.07) is 7.38. The molecule has 0 atom stereocenters. The standard InChI is InChI=1S/C15H7BBr2ClF3N2/c17-13-5-3-11-15(8-1-2-10(20)9(19)7-8)12-4-6-14(18)24(12)16(21,22)23(11)13/h1-7H. The molecule has 9 heteroatoms. The van der Waals surface area contributed by atoms with Crippen molar-refractivity contribution in [1.82, 2.24) is 4.48 Å². The molecule has 0 bridgehead atoms. The van der Waals surface area contributed by atoms with E-state index in [1.165, 1.54) is 18.2 Å². The third kappa shape index (κ3) is 2.12. The van der Waals surface area contributed by atoms with Gasteiger partial charge in [-0.3, -0.25) is 0 Å². The average Bonchev–Trinajstić information content (AvgIpc) is 3.08. The van der Waals surface area contributed by atoms with Gasteiger partial charge in [-0.05, 0) is 45.8 Å². The van der Waals surface area contributed by atoms with Crippen LogP contribution in [-0.2, 0) is 0 Å². The van der Waals surface area contributed by atoms with Crippen molar-refractivity contribution in [2.24, 2.45) is 0 Å². The van der Waals surface area contributed by atoms with Gasteiger partial charge >= 0.3 is 6.97 Å². The van der Waals surface area contributed by atoms with Gasteiger partial charge in [-0.25, -0.2) is 4.39 Å². The summed E-state index contributed by atoms with van der Waals surface area (Å²) in [6.07, 6.45) is 3.17. The fourth-order valence-corrected chi connectivity index (χ4v) is 4.40. The van der Waals surface area contributed by atoms with E-state index < -0.39 is 12.8 Å². The molecule has 4 rings (SSSR count). The molecule has 2 aliphatic heterocycles. The summed E-state index contributed by atoms with van der Waals surface area (Å²) in [5, 5.41) is -0.0582. The number of aromatic nitrogens is 1. The lowest BCUT2D eigenvalue weighted by Gasteiger charge is -2.32. The Morgan fingerprint density at radius 1 is 1.08 bits per heavy atom. The summed E-state index contributed by atoms with van der Waals surface area (Å²) >= 11 is 12.3. The number of fused-ring (bicyclic) bond motifs is 2. The molecule has 2 nitrogen and oxygen atoms in total. The third-order valence-corrected chi connectivity index (χ3v) is 5.66. The topological polar surface area (TPSA) is 7.94 Å². The largest absolute Gasteiger partial charge is 0.738 e. The first-order chi connectivity index (χ1) is 11.3. The van der Waals surface area contributed by atoms with Crippen molar-refractivity contribution in [3.63, 3.8) is 0 Å². The van der Waals surface area contributed by atoms with E-state index in [2.05, 4.69) is 31.9 Å². The van der Waals surface area contributed by atoms with E-state index in [1.807, 2.05) is 0 Å². The van der Waals surface area contributed by atoms with Crippen LogP contribution in [0.3, 0.4) is 0 Å². The molecule has 0 aliphatic carbocycles. The molecule has 0 spiro atoms. The van der Waals surface area contributed by atoms with Crippen LogP contribution in [0.25, 0.3) is 5.57 Å². The Morgan fingerprint density at radius 2 is 1.83 bits per heavy atom. The van der Waals surface area contributed by atoms with E-state index in [0.717, 1.165) is 8.96 Å². The zero-order valence-electron chi connectivity index (χ0n) is 11.8. The molecule has 24 heavy (non-hydrogen) atoms. The summed E-state index contributed by atoms with van der Waals surface area (Å²) in [5.41, 5.74) is 1.80. The molecule has 0 amide bonds. The van der Waals surface area contributed by atoms with E-state index in [9.17, 15) is 4.39 Å². The van der Waals surface area contributed by atoms with Gasteiger partial charge in [0, 0.05) is 33.8 Å². The van der Waals surface area contributed by atoms with Gasteiger partial charge in [0.25, 0.3) is 0 Å². The van der Waals surface area contributed by atoms with Crippen LogP contribution in [0.2, 0.25) is 5.02 Å². The smallest absolute Gasteiger partial charge is 0.389 e. The predicted octanol–water partition coefficient (Wildman–Crippen LogP) is 5.41. The van der Waals surface area contributed by atoms with Crippen LogP contribution in [0.4, 0.5) is 13.0 Å². The normalized spacial score (nSPS) is 18.2. The summed E-state index contributed by atoms with van der Waals surface area (Å²) in [6.45, 7) is -4.07. The van der Waals surface area contributed by atoms with Crippen LogP contribution in [0, 0.1) is 5.82 Å². The highest BCUT2D eigenvalue weighted by Gasteiger charge is 2.54. The summed E-state index contributed by atoms with van der Waals surface area (Å²) in [7, 11) is 0. The number of halogens is 6. The first kappa shape index (κ1) is 16.2. The molecule has 2 aromatic rings.